The summed E-state index contributed by atoms with van der Waals surface area (Å²) in [5.41, 5.74) is -2.28. The lowest BCUT2D eigenvalue weighted by Gasteiger charge is -2.41. The van der Waals surface area contributed by atoms with Gasteiger partial charge in [0.1, 0.15) is 6.04 Å². The predicted octanol–water partition coefficient (Wildman–Crippen LogP) is 1.82. The zero-order chi connectivity index (χ0) is 35.4. The zero-order valence-electron chi connectivity index (χ0n) is 28.7. The molecule has 0 bridgehead atoms. The van der Waals surface area contributed by atoms with Crippen LogP contribution < -0.4 is 25.4 Å². The minimum atomic E-state index is -4.00. The highest BCUT2D eigenvalue weighted by Crippen LogP contribution is 2.34. The molecule has 13 nitrogen and oxygen atoms in total. The predicted molar refractivity (Wildman–Crippen MR) is 188 cm³/mol. The Morgan fingerprint density at radius 3 is 2.22 bits per heavy atom. The Morgan fingerprint density at radius 2 is 1.61 bits per heavy atom. The third kappa shape index (κ3) is 10.3. The van der Waals surface area contributed by atoms with Gasteiger partial charge in [-0.05, 0) is 70.8 Å². The molecular formula is C33H49ClN4O9S2. The topological polar surface area (TPSA) is 180 Å². The number of ether oxygens (including phenoxy) is 2. The fraction of sp³-hybridized carbons (Fsp3) is 0.576. The van der Waals surface area contributed by atoms with Crippen LogP contribution in [-0.2, 0) is 35.7 Å². The van der Waals surface area contributed by atoms with Gasteiger partial charge in [0.25, 0.3) is 0 Å². The molecule has 3 atom stereocenters. The molecule has 2 heterocycles. The maximum Gasteiger partial charge on any atom is 0.245 e. The average molecular weight is 745 g/mol. The summed E-state index contributed by atoms with van der Waals surface area (Å²) >= 11 is 0. The number of hydrogen-bond donors (Lipinski definition) is 4. The molecule has 2 aromatic rings. The van der Waals surface area contributed by atoms with E-state index in [0.717, 1.165) is 37.8 Å². The first-order valence-corrected chi connectivity index (χ1v) is 19.6. The van der Waals surface area contributed by atoms with Crippen molar-refractivity contribution in [3.63, 3.8) is 0 Å². The Kier molecular flexibility index (Phi) is 13.2. The number of carbonyl (C=O) groups excluding carboxylic acids is 2. The second kappa shape index (κ2) is 15.9. The van der Waals surface area contributed by atoms with Gasteiger partial charge in [0.2, 0.25) is 18.6 Å². The van der Waals surface area contributed by atoms with Crippen molar-refractivity contribution < 1.29 is 41.0 Å². The Balaban J connectivity index is 0.00000650. The minimum absolute atomic E-state index is 0. The van der Waals surface area contributed by atoms with Crippen molar-refractivity contribution in [2.45, 2.75) is 80.3 Å². The number of nitrogens with zero attached hydrogens (tertiary/aromatic N) is 1. The number of nitrogens with one attached hydrogen (secondary N) is 3. The van der Waals surface area contributed by atoms with Gasteiger partial charge in [-0.1, -0.05) is 37.3 Å². The number of carbonyl (C=O) groups is 2. The van der Waals surface area contributed by atoms with Crippen LogP contribution in [0.25, 0.3) is 0 Å². The molecule has 1 fully saturated rings. The van der Waals surface area contributed by atoms with Crippen molar-refractivity contribution in [3.05, 3.63) is 54.1 Å². The summed E-state index contributed by atoms with van der Waals surface area (Å²) in [6.07, 6.45) is 3.39. The van der Waals surface area contributed by atoms with E-state index in [4.69, 9.17) is 9.47 Å². The number of likely N-dealkylation sites (tertiary alicyclic amines) is 1. The molecule has 0 unspecified atom stereocenters. The second-order valence-corrected chi connectivity index (χ2v) is 18.2. The standard InChI is InChI=1S/C33H48N4O9S2.ClH/c1-6-33(19-24-12-8-7-9-13-24,34-21-32(4,40)22-48(43,44)25-14-15-26-27(18-25)46-23-45-26)36-30(39)29(31(2,3)47(5,41)42)35-28(38)20-37-16-10-11-17-37;/h7-9,12-15,18,29,34,40H,6,10-11,16-17,19-23H2,1-5H3,(H,35,38)(H,36,39);1H/t29-,32+,33-;/m0./s1. The number of amides is 2. The van der Waals surface area contributed by atoms with E-state index in [1.165, 1.54) is 39.0 Å². The highest BCUT2D eigenvalue weighted by atomic mass is 35.5. The van der Waals surface area contributed by atoms with E-state index >= 15 is 0 Å². The van der Waals surface area contributed by atoms with E-state index in [0.29, 0.717) is 11.5 Å². The molecule has 49 heavy (non-hydrogen) atoms. The molecule has 4 rings (SSSR count). The molecule has 2 aliphatic rings. The monoisotopic (exact) mass is 744 g/mol. The van der Waals surface area contributed by atoms with Crippen LogP contribution in [-0.4, -0.2) is 106 Å². The Hall–Kier alpha value is -2.95. The Labute approximate surface area is 295 Å². The summed E-state index contributed by atoms with van der Waals surface area (Å²) in [5.74, 6) is -1.14. The quantitative estimate of drug-likeness (QED) is 0.184. The van der Waals surface area contributed by atoms with Gasteiger partial charge in [0.15, 0.2) is 31.2 Å². The summed E-state index contributed by atoms with van der Waals surface area (Å²) in [7, 11) is -7.86. The van der Waals surface area contributed by atoms with Crippen LogP contribution in [0, 0.1) is 0 Å². The van der Waals surface area contributed by atoms with E-state index in [9.17, 15) is 31.5 Å². The molecule has 0 radical (unpaired) electrons. The summed E-state index contributed by atoms with van der Waals surface area (Å²) in [4.78, 5) is 29.2. The van der Waals surface area contributed by atoms with Crippen LogP contribution in [0.1, 0.15) is 52.5 Å². The first-order valence-electron chi connectivity index (χ1n) is 16.0. The van der Waals surface area contributed by atoms with Crippen molar-refractivity contribution >= 4 is 43.9 Å². The lowest BCUT2D eigenvalue weighted by Crippen LogP contribution is -2.69. The molecule has 0 aromatic heterocycles. The highest BCUT2D eigenvalue weighted by Gasteiger charge is 2.47. The van der Waals surface area contributed by atoms with Gasteiger partial charge in [-0.3, -0.25) is 19.8 Å². The average Bonchev–Trinajstić information content (AvgIpc) is 3.70. The molecule has 0 saturated carbocycles. The van der Waals surface area contributed by atoms with Gasteiger partial charge >= 0.3 is 0 Å². The number of rotatable bonds is 16. The van der Waals surface area contributed by atoms with E-state index < -0.39 is 59.3 Å². The van der Waals surface area contributed by atoms with Crippen molar-refractivity contribution in [2.75, 3.05) is 45.0 Å². The highest BCUT2D eigenvalue weighted by molar-refractivity contribution is 7.92. The molecule has 0 aliphatic carbocycles. The van der Waals surface area contributed by atoms with Crippen molar-refractivity contribution in [2.24, 2.45) is 0 Å². The van der Waals surface area contributed by atoms with Crippen LogP contribution in [0.4, 0.5) is 0 Å². The number of aliphatic hydroxyl groups is 1. The molecule has 2 aromatic carbocycles. The van der Waals surface area contributed by atoms with Gasteiger partial charge in [-0.15, -0.1) is 12.4 Å². The lowest BCUT2D eigenvalue weighted by molar-refractivity contribution is -0.131. The normalized spacial score (nSPS) is 18.1. The maximum atomic E-state index is 14.2. The SMILES string of the molecule is CC[C@](Cc1ccccc1)(NC[C@@](C)(O)CS(=O)(=O)c1ccc2c(c1)OCO2)NC(=O)[C@H](NC(=O)CN1CCCC1)C(C)(C)S(C)(=O)=O.Cl. The third-order valence-corrected chi connectivity index (χ3v) is 13.2. The maximum absolute atomic E-state index is 14.2. The van der Waals surface area contributed by atoms with Gasteiger partial charge in [0, 0.05) is 25.3 Å². The Bertz CT molecular complexity index is 1680. The fourth-order valence-corrected chi connectivity index (χ4v) is 8.08. The molecule has 16 heteroatoms. The number of fused-ring (bicyclic) bond motifs is 1. The van der Waals surface area contributed by atoms with Crippen LogP contribution in [0.15, 0.2) is 53.4 Å². The minimum Gasteiger partial charge on any atom is -0.454 e. The van der Waals surface area contributed by atoms with E-state index in [1.54, 1.807) is 6.92 Å². The van der Waals surface area contributed by atoms with Crippen molar-refractivity contribution in [3.8, 4) is 11.5 Å². The number of hydrogen-bond acceptors (Lipinski definition) is 11. The summed E-state index contributed by atoms with van der Waals surface area (Å²) in [6.45, 7) is 7.20. The summed E-state index contributed by atoms with van der Waals surface area (Å²) < 4.78 is 61.6. The van der Waals surface area contributed by atoms with Gasteiger partial charge < -0.3 is 25.2 Å². The largest absolute Gasteiger partial charge is 0.454 e. The smallest absolute Gasteiger partial charge is 0.245 e. The number of benzene rings is 2. The van der Waals surface area contributed by atoms with Gasteiger partial charge in [-0.2, -0.15) is 0 Å². The molecule has 274 valence electrons. The van der Waals surface area contributed by atoms with Gasteiger partial charge in [-0.25, -0.2) is 16.8 Å². The van der Waals surface area contributed by atoms with Crippen LogP contribution in [0.2, 0.25) is 0 Å². The molecule has 2 aliphatic heterocycles. The molecular weight excluding hydrogens is 696 g/mol. The molecule has 2 amide bonds. The van der Waals surface area contributed by atoms with E-state index in [-0.39, 0.29) is 50.0 Å². The molecule has 1 saturated heterocycles. The van der Waals surface area contributed by atoms with Gasteiger partial charge in [0.05, 0.1) is 33.2 Å². The summed E-state index contributed by atoms with van der Waals surface area (Å²) in [5, 5.41) is 20.3. The number of halogens is 1. The van der Waals surface area contributed by atoms with E-state index in [2.05, 4.69) is 16.0 Å². The first kappa shape index (κ1) is 40.5. The van der Waals surface area contributed by atoms with Crippen molar-refractivity contribution in [1.29, 1.82) is 0 Å². The lowest BCUT2D eigenvalue weighted by atomic mass is 9.93. The zero-order valence-corrected chi connectivity index (χ0v) is 31.1. The number of sulfone groups is 2. The third-order valence-electron chi connectivity index (χ3n) is 9.11. The second-order valence-electron chi connectivity index (χ2n) is 13.6. The van der Waals surface area contributed by atoms with E-state index in [1.807, 2.05) is 35.2 Å². The van der Waals surface area contributed by atoms with Crippen LogP contribution in [0.5, 0.6) is 11.5 Å². The summed E-state index contributed by atoms with van der Waals surface area (Å²) in [6, 6.07) is 12.0. The molecule has 4 N–H and O–H groups in total. The first-order chi connectivity index (χ1) is 22.4. The Morgan fingerprint density at radius 1 is 0.980 bits per heavy atom. The van der Waals surface area contributed by atoms with Crippen LogP contribution >= 0.6 is 12.4 Å². The molecule has 0 spiro atoms. The van der Waals surface area contributed by atoms with Crippen LogP contribution in [0.3, 0.4) is 0 Å². The van der Waals surface area contributed by atoms with Crippen molar-refractivity contribution in [1.82, 2.24) is 20.9 Å². The fourth-order valence-electron chi connectivity index (χ4n) is 5.83.